The first-order valence-electron chi connectivity index (χ1n) is 9.63. The number of hydrogen-bond donors (Lipinski definition) is 1. The third kappa shape index (κ3) is 4.90. The van der Waals surface area contributed by atoms with E-state index in [9.17, 15) is 5.11 Å². The molecular weight excluding hydrogens is 376 g/mol. The van der Waals surface area contributed by atoms with Gasteiger partial charge in [0.05, 0.1) is 0 Å². The van der Waals surface area contributed by atoms with Crippen molar-refractivity contribution in [2.45, 2.75) is 33.1 Å². The summed E-state index contributed by atoms with van der Waals surface area (Å²) in [5, 5.41) is 16.7. The SMILES string of the molecule is Cc1ccccc1NC(=S)/C(=C(\[O-])c1ccc(C(C)(C)C)cc1)[n+]1ccccc1. The van der Waals surface area contributed by atoms with Gasteiger partial charge in [-0.05, 0) is 40.9 Å². The molecule has 4 heteroatoms. The van der Waals surface area contributed by atoms with Gasteiger partial charge in [0.15, 0.2) is 17.4 Å². The van der Waals surface area contributed by atoms with Crippen molar-refractivity contribution < 1.29 is 9.67 Å². The minimum absolute atomic E-state index is 0.0317. The lowest BCUT2D eigenvalue weighted by Gasteiger charge is -2.21. The number of para-hydroxylation sites is 1. The first kappa shape index (κ1) is 20.7. The molecule has 0 aliphatic rings. The maximum absolute atomic E-state index is 13.4. The highest BCUT2D eigenvalue weighted by molar-refractivity contribution is 7.81. The van der Waals surface area contributed by atoms with Gasteiger partial charge in [-0.25, -0.2) is 0 Å². The van der Waals surface area contributed by atoms with Gasteiger partial charge in [0.1, 0.15) is 0 Å². The lowest BCUT2D eigenvalue weighted by atomic mass is 9.86. The van der Waals surface area contributed by atoms with Gasteiger partial charge in [0, 0.05) is 17.8 Å². The lowest BCUT2D eigenvalue weighted by molar-refractivity contribution is -0.577. The Bertz CT molecular complexity index is 1030. The summed E-state index contributed by atoms with van der Waals surface area (Å²) >= 11 is 5.67. The van der Waals surface area contributed by atoms with E-state index in [-0.39, 0.29) is 11.2 Å². The van der Waals surface area contributed by atoms with E-state index >= 15 is 0 Å². The number of rotatable bonds is 4. The number of hydrogen-bond acceptors (Lipinski definition) is 2. The zero-order chi connectivity index (χ0) is 21.0. The number of nitrogens with one attached hydrogen (secondary N) is 1. The van der Waals surface area contributed by atoms with Gasteiger partial charge in [0.2, 0.25) is 5.70 Å². The van der Waals surface area contributed by atoms with Crippen LogP contribution in [0.15, 0.2) is 79.1 Å². The molecule has 0 saturated carbocycles. The van der Waals surface area contributed by atoms with Crippen molar-refractivity contribution in [3.8, 4) is 0 Å². The van der Waals surface area contributed by atoms with Crippen LogP contribution in [0, 0.1) is 6.92 Å². The average molecular weight is 403 g/mol. The van der Waals surface area contributed by atoms with E-state index < -0.39 is 0 Å². The van der Waals surface area contributed by atoms with Gasteiger partial charge in [-0.15, -0.1) is 0 Å². The van der Waals surface area contributed by atoms with Crippen LogP contribution in [0.25, 0.3) is 11.5 Å². The predicted molar refractivity (Wildman–Crippen MR) is 122 cm³/mol. The molecule has 0 radical (unpaired) electrons. The Morgan fingerprint density at radius 2 is 1.52 bits per heavy atom. The van der Waals surface area contributed by atoms with Crippen LogP contribution < -0.4 is 15.0 Å². The standard InChI is InChI=1S/C25H26N2OS/c1-18-10-6-7-11-21(18)26-24(29)22(27-16-8-5-9-17-27)23(28)19-12-14-20(15-13-19)25(2,3)4/h5-17H,1-4H3,(H-,26,28,29). The number of anilines is 1. The molecule has 0 aliphatic carbocycles. The Hall–Kier alpha value is -2.98. The molecule has 29 heavy (non-hydrogen) atoms. The molecule has 3 aromatic rings. The number of benzene rings is 2. The third-order valence-corrected chi connectivity index (χ3v) is 5.11. The minimum Gasteiger partial charge on any atom is -0.867 e. The molecule has 0 fully saturated rings. The first-order valence-corrected chi connectivity index (χ1v) is 10.0. The van der Waals surface area contributed by atoms with Crippen molar-refractivity contribution in [2.24, 2.45) is 0 Å². The molecule has 0 aliphatic heterocycles. The second-order valence-corrected chi connectivity index (χ2v) is 8.47. The van der Waals surface area contributed by atoms with Crippen molar-refractivity contribution in [1.82, 2.24) is 0 Å². The van der Waals surface area contributed by atoms with E-state index in [0.29, 0.717) is 16.2 Å². The summed E-state index contributed by atoms with van der Waals surface area (Å²) < 4.78 is 1.77. The van der Waals surface area contributed by atoms with E-state index in [1.54, 1.807) is 4.57 Å². The van der Waals surface area contributed by atoms with Crippen molar-refractivity contribution >= 4 is 34.3 Å². The van der Waals surface area contributed by atoms with Gasteiger partial charge < -0.3 is 10.4 Å². The largest absolute Gasteiger partial charge is 0.867 e. The normalized spacial score (nSPS) is 12.3. The summed E-state index contributed by atoms with van der Waals surface area (Å²) in [5.74, 6) is -0.118. The molecule has 3 nitrogen and oxygen atoms in total. The maximum Gasteiger partial charge on any atom is 0.238 e. The summed E-state index contributed by atoms with van der Waals surface area (Å²) in [6.45, 7) is 8.47. The van der Waals surface area contributed by atoms with Crippen molar-refractivity contribution in [1.29, 1.82) is 0 Å². The highest BCUT2D eigenvalue weighted by Gasteiger charge is 2.20. The highest BCUT2D eigenvalue weighted by Crippen LogP contribution is 2.24. The van der Waals surface area contributed by atoms with E-state index in [4.69, 9.17) is 12.2 Å². The maximum atomic E-state index is 13.4. The van der Waals surface area contributed by atoms with E-state index in [0.717, 1.165) is 11.3 Å². The van der Waals surface area contributed by atoms with Crippen LogP contribution in [0.4, 0.5) is 5.69 Å². The number of aromatic nitrogens is 1. The van der Waals surface area contributed by atoms with Crippen molar-refractivity contribution in [2.75, 3.05) is 5.32 Å². The Labute approximate surface area is 178 Å². The van der Waals surface area contributed by atoms with Crippen LogP contribution in [0.1, 0.15) is 37.5 Å². The monoisotopic (exact) mass is 402 g/mol. The number of nitrogens with zero attached hydrogens (tertiary/aromatic N) is 1. The van der Waals surface area contributed by atoms with E-state index in [1.165, 1.54) is 5.56 Å². The molecule has 0 unspecified atom stereocenters. The van der Waals surface area contributed by atoms with Gasteiger partial charge in [-0.3, -0.25) is 0 Å². The van der Waals surface area contributed by atoms with Gasteiger partial charge in [-0.2, -0.15) is 4.57 Å². The fourth-order valence-electron chi connectivity index (χ4n) is 3.04. The van der Waals surface area contributed by atoms with Gasteiger partial charge >= 0.3 is 0 Å². The summed E-state index contributed by atoms with van der Waals surface area (Å²) in [5.41, 5.74) is 4.20. The van der Waals surface area contributed by atoms with Crippen LogP contribution in [-0.2, 0) is 5.41 Å². The smallest absolute Gasteiger partial charge is 0.238 e. The molecular formula is C25H26N2OS. The Morgan fingerprint density at radius 1 is 0.897 bits per heavy atom. The minimum atomic E-state index is -0.118. The van der Waals surface area contributed by atoms with Crippen molar-refractivity contribution in [3.05, 3.63) is 95.8 Å². The molecule has 0 bridgehead atoms. The Kier molecular flexibility index (Phi) is 6.14. The van der Waals surface area contributed by atoms with Crippen molar-refractivity contribution in [3.63, 3.8) is 0 Å². The Morgan fingerprint density at radius 3 is 2.10 bits per heavy atom. The zero-order valence-corrected chi connectivity index (χ0v) is 18.1. The number of aryl methyl sites for hydroxylation is 1. The lowest BCUT2D eigenvalue weighted by Crippen LogP contribution is -2.39. The first-order chi connectivity index (χ1) is 13.8. The molecule has 0 atom stereocenters. The van der Waals surface area contributed by atoms with E-state index in [2.05, 4.69) is 26.1 Å². The van der Waals surface area contributed by atoms with Crippen LogP contribution in [0.5, 0.6) is 0 Å². The summed E-state index contributed by atoms with van der Waals surface area (Å²) in [6, 6.07) is 21.3. The summed E-state index contributed by atoms with van der Waals surface area (Å²) in [6.07, 6.45) is 3.67. The van der Waals surface area contributed by atoms with Crippen LogP contribution in [-0.4, -0.2) is 4.99 Å². The molecule has 148 valence electrons. The van der Waals surface area contributed by atoms with Crippen LogP contribution in [0.2, 0.25) is 0 Å². The molecule has 2 aromatic carbocycles. The topological polar surface area (TPSA) is 39.0 Å². The Balaban J connectivity index is 2.05. The highest BCUT2D eigenvalue weighted by atomic mass is 32.1. The van der Waals surface area contributed by atoms with Crippen LogP contribution >= 0.6 is 12.2 Å². The quantitative estimate of drug-likeness (QED) is 0.297. The molecule has 1 aromatic heterocycles. The number of thiocarbonyl (C=S) groups is 1. The van der Waals surface area contributed by atoms with Gasteiger partial charge in [-0.1, -0.05) is 81.5 Å². The zero-order valence-electron chi connectivity index (χ0n) is 17.3. The predicted octanol–water partition coefficient (Wildman–Crippen LogP) is 4.71. The second kappa shape index (κ2) is 8.58. The summed E-state index contributed by atoms with van der Waals surface area (Å²) in [7, 11) is 0. The van der Waals surface area contributed by atoms with Gasteiger partial charge in [0.25, 0.3) is 0 Å². The summed E-state index contributed by atoms with van der Waals surface area (Å²) in [4.78, 5) is 0.389. The molecule has 0 amide bonds. The molecule has 3 rings (SSSR count). The molecule has 1 heterocycles. The molecule has 0 spiro atoms. The molecule has 1 N–H and O–H groups in total. The fraction of sp³-hybridized carbons (Fsp3) is 0.200. The van der Waals surface area contributed by atoms with E-state index in [1.807, 2.05) is 86.0 Å². The second-order valence-electron chi connectivity index (χ2n) is 8.06. The fourth-order valence-corrected chi connectivity index (χ4v) is 3.35. The third-order valence-electron chi connectivity index (χ3n) is 4.81. The average Bonchev–Trinajstić information content (AvgIpc) is 2.70. The number of pyridine rings is 1. The molecule has 0 saturated heterocycles. The van der Waals surface area contributed by atoms with Crippen LogP contribution in [0.3, 0.4) is 0 Å².